The van der Waals surface area contributed by atoms with Crippen LogP contribution in [0.25, 0.3) is 22.6 Å². The third-order valence-corrected chi connectivity index (χ3v) is 5.55. The van der Waals surface area contributed by atoms with Crippen LogP contribution in [0.4, 0.5) is 11.4 Å². The lowest BCUT2D eigenvalue weighted by atomic mass is 10.1. The highest BCUT2D eigenvalue weighted by Gasteiger charge is 2.35. The highest BCUT2D eigenvalue weighted by Crippen LogP contribution is 2.29. The van der Waals surface area contributed by atoms with Gasteiger partial charge in [-0.25, -0.2) is 4.98 Å². The summed E-state index contributed by atoms with van der Waals surface area (Å²) in [6, 6.07) is 22.2. The van der Waals surface area contributed by atoms with Crippen LogP contribution in [0.15, 0.2) is 77.2 Å². The number of amides is 2. The molecule has 1 unspecified atom stereocenters. The molecule has 1 aromatic heterocycles. The first-order valence-electron chi connectivity index (χ1n) is 10.3. The molecular weight excluding hydrogens is 406 g/mol. The molecule has 1 aliphatic rings. The monoisotopic (exact) mass is 427 g/mol. The molecule has 7 heteroatoms. The van der Waals surface area contributed by atoms with Crippen molar-refractivity contribution in [2.75, 3.05) is 23.9 Å². The number of rotatable bonds is 5. The largest absolute Gasteiger partial charge is 0.497 e. The highest BCUT2D eigenvalue weighted by atomic mass is 16.5. The van der Waals surface area contributed by atoms with Crippen molar-refractivity contribution in [3.63, 3.8) is 0 Å². The SMILES string of the molecule is COc1cccc(N2CC(C(=O)Nc3ccc(-c4nc5ccccc5o4)cc3)CC2=O)c1. The summed E-state index contributed by atoms with van der Waals surface area (Å²) < 4.78 is 11.0. The van der Waals surface area contributed by atoms with Crippen molar-refractivity contribution in [2.45, 2.75) is 6.42 Å². The van der Waals surface area contributed by atoms with Crippen molar-refractivity contribution in [1.29, 1.82) is 0 Å². The second-order valence-electron chi connectivity index (χ2n) is 7.66. The second kappa shape index (κ2) is 8.19. The van der Waals surface area contributed by atoms with Crippen LogP contribution in [0.1, 0.15) is 6.42 Å². The second-order valence-corrected chi connectivity index (χ2v) is 7.66. The van der Waals surface area contributed by atoms with Crippen LogP contribution >= 0.6 is 0 Å². The number of nitrogens with one attached hydrogen (secondary N) is 1. The Labute approximate surface area is 184 Å². The molecular formula is C25H21N3O4. The number of carbonyl (C=O) groups is 2. The quantitative estimate of drug-likeness (QED) is 0.507. The van der Waals surface area contributed by atoms with Gasteiger partial charge in [-0.2, -0.15) is 0 Å². The van der Waals surface area contributed by atoms with Gasteiger partial charge >= 0.3 is 0 Å². The van der Waals surface area contributed by atoms with E-state index >= 15 is 0 Å². The van der Waals surface area contributed by atoms with Gasteiger partial charge in [0, 0.05) is 36.0 Å². The zero-order chi connectivity index (χ0) is 22.1. The first-order chi connectivity index (χ1) is 15.6. The topological polar surface area (TPSA) is 84.7 Å². The van der Waals surface area contributed by atoms with E-state index < -0.39 is 5.92 Å². The molecule has 4 aromatic rings. The summed E-state index contributed by atoms with van der Waals surface area (Å²) in [6.07, 6.45) is 0.171. The van der Waals surface area contributed by atoms with Crippen LogP contribution in [-0.4, -0.2) is 30.5 Å². The number of carbonyl (C=O) groups excluding carboxylic acids is 2. The molecule has 2 heterocycles. The maximum atomic E-state index is 12.8. The summed E-state index contributed by atoms with van der Waals surface area (Å²) in [6.45, 7) is 0.332. The minimum atomic E-state index is -0.426. The fourth-order valence-corrected chi connectivity index (χ4v) is 3.85. The third kappa shape index (κ3) is 3.80. The molecule has 1 saturated heterocycles. The van der Waals surface area contributed by atoms with Crippen molar-refractivity contribution in [2.24, 2.45) is 5.92 Å². The molecule has 1 atom stereocenters. The Kier molecular flexibility index (Phi) is 5.07. The molecule has 5 rings (SSSR count). The molecule has 1 aliphatic heterocycles. The summed E-state index contributed by atoms with van der Waals surface area (Å²) in [5.74, 6) is 0.509. The van der Waals surface area contributed by atoms with E-state index in [0.29, 0.717) is 23.9 Å². The van der Waals surface area contributed by atoms with Gasteiger partial charge in [0.2, 0.25) is 17.7 Å². The first kappa shape index (κ1) is 19.8. The first-order valence-corrected chi connectivity index (χ1v) is 10.3. The van der Waals surface area contributed by atoms with E-state index in [1.807, 2.05) is 54.6 Å². The maximum Gasteiger partial charge on any atom is 0.229 e. The van der Waals surface area contributed by atoms with Crippen LogP contribution in [0.5, 0.6) is 5.75 Å². The minimum Gasteiger partial charge on any atom is -0.497 e. The lowest BCUT2D eigenvalue weighted by molar-refractivity contribution is -0.122. The number of oxazole rings is 1. The molecule has 0 spiro atoms. The summed E-state index contributed by atoms with van der Waals surface area (Å²) in [4.78, 5) is 31.4. The molecule has 3 aromatic carbocycles. The number of anilines is 2. The van der Waals surface area contributed by atoms with Gasteiger partial charge in [-0.05, 0) is 48.5 Å². The Morgan fingerprint density at radius 2 is 1.91 bits per heavy atom. The van der Waals surface area contributed by atoms with Crippen LogP contribution in [0.2, 0.25) is 0 Å². The maximum absolute atomic E-state index is 12.8. The van der Waals surface area contributed by atoms with Crippen LogP contribution < -0.4 is 15.0 Å². The van der Waals surface area contributed by atoms with Gasteiger partial charge in [-0.3, -0.25) is 9.59 Å². The van der Waals surface area contributed by atoms with Gasteiger partial charge in [0.15, 0.2) is 5.58 Å². The molecule has 1 N–H and O–H groups in total. The molecule has 0 bridgehead atoms. The fourth-order valence-electron chi connectivity index (χ4n) is 3.85. The van der Waals surface area contributed by atoms with Gasteiger partial charge in [0.25, 0.3) is 0 Å². The van der Waals surface area contributed by atoms with Crippen molar-refractivity contribution < 1.29 is 18.7 Å². The average Bonchev–Trinajstić information content (AvgIpc) is 3.43. The van der Waals surface area contributed by atoms with Crippen molar-refractivity contribution in [1.82, 2.24) is 4.98 Å². The number of hydrogen-bond donors (Lipinski definition) is 1. The van der Waals surface area contributed by atoms with Gasteiger partial charge in [-0.1, -0.05) is 18.2 Å². The van der Waals surface area contributed by atoms with Gasteiger partial charge in [-0.15, -0.1) is 0 Å². The van der Waals surface area contributed by atoms with Crippen molar-refractivity contribution in [3.8, 4) is 17.2 Å². The average molecular weight is 427 g/mol. The number of ether oxygens (including phenoxy) is 1. The van der Waals surface area contributed by atoms with E-state index in [2.05, 4.69) is 10.3 Å². The number of aromatic nitrogens is 1. The molecule has 160 valence electrons. The predicted octanol–water partition coefficient (Wildman–Crippen LogP) is 4.50. The number of nitrogens with zero attached hydrogens (tertiary/aromatic N) is 2. The number of benzene rings is 3. The Morgan fingerprint density at radius 3 is 2.69 bits per heavy atom. The van der Waals surface area contributed by atoms with E-state index in [1.54, 1.807) is 30.2 Å². The molecule has 0 radical (unpaired) electrons. The number of hydrogen-bond acceptors (Lipinski definition) is 5. The van der Waals surface area contributed by atoms with E-state index in [1.165, 1.54) is 0 Å². The Hall–Kier alpha value is -4.13. The molecule has 0 aliphatic carbocycles. The number of para-hydroxylation sites is 2. The standard InChI is InChI=1S/C25H21N3O4/c1-31-20-6-4-5-19(14-20)28-15-17(13-23(28)29)24(30)26-18-11-9-16(10-12-18)25-27-21-7-2-3-8-22(21)32-25/h2-12,14,17H,13,15H2,1H3,(H,26,30). The molecule has 1 fully saturated rings. The van der Waals surface area contributed by atoms with E-state index in [-0.39, 0.29) is 18.2 Å². The predicted molar refractivity (Wildman–Crippen MR) is 122 cm³/mol. The van der Waals surface area contributed by atoms with Crippen LogP contribution in [0, 0.1) is 5.92 Å². The Bertz CT molecular complexity index is 1260. The van der Waals surface area contributed by atoms with Gasteiger partial charge in [0.05, 0.1) is 13.0 Å². The zero-order valence-corrected chi connectivity index (χ0v) is 17.4. The lowest BCUT2D eigenvalue weighted by Gasteiger charge is -2.17. The smallest absolute Gasteiger partial charge is 0.229 e. The lowest BCUT2D eigenvalue weighted by Crippen LogP contribution is -2.28. The number of fused-ring (bicyclic) bond motifs is 1. The van der Waals surface area contributed by atoms with E-state index in [9.17, 15) is 9.59 Å². The van der Waals surface area contributed by atoms with Crippen molar-refractivity contribution >= 4 is 34.3 Å². The summed E-state index contributed by atoms with van der Waals surface area (Å²) in [5, 5.41) is 2.91. The molecule has 2 amide bonds. The number of methoxy groups -OCH3 is 1. The molecule has 0 saturated carbocycles. The fraction of sp³-hybridized carbons (Fsp3) is 0.160. The highest BCUT2D eigenvalue weighted by molar-refractivity contribution is 6.03. The van der Waals surface area contributed by atoms with Crippen LogP contribution in [-0.2, 0) is 9.59 Å². The van der Waals surface area contributed by atoms with Gasteiger partial charge in [0.1, 0.15) is 11.3 Å². The normalized spacial score (nSPS) is 15.8. The Morgan fingerprint density at radius 1 is 1.09 bits per heavy atom. The Balaban J connectivity index is 1.26. The summed E-state index contributed by atoms with van der Waals surface area (Å²) in [7, 11) is 1.58. The third-order valence-electron chi connectivity index (χ3n) is 5.55. The van der Waals surface area contributed by atoms with Crippen LogP contribution in [0.3, 0.4) is 0 Å². The minimum absolute atomic E-state index is 0.0790. The molecule has 32 heavy (non-hydrogen) atoms. The molecule has 7 nitrogen and oxygen atoms in total. The van der Waals surface area contributed by atoms with E-state index in [4.69, 9.17) is 9.15 Å². The van der Waals surface area contributed by atoms with Crippen molar-refractivity contribution in [3.05, 3.63) is 72.8 Å². The summed E-state index contributed by atoms with van der Waals surface area (Å²) in [5.41, 5.74) is 3.73. The van der Waals surface area contributed by atoms with Gasteiger partial charge < -0.3 is 19.4 Å². The zero-order valence-electron chi connectivity index (χ0n) is 17.4. The summed E-state index contributed by atoms with van der Waals surface area (Å²) >= 11 is 0. The van der Waals surface area contributed by atoms with E-state index in [0.717, 1.165) is 22.4 Å².